The van der Waals surface area contributed by atoms with Crippen LogP contribution in [-0.2, 0) is 6.18 Å². The Morgan fingerprint density at radius 2 is 1.70 bits per heavy atom. The van der Waals surface area contributed by atoms with Crippen molar-refractivity contribution >= 4 is 23.3 Å². The second-order valence-corrected chi connectivity index (χ2v) is 6.64. The summed E-state index contributed by atoms with van der Waals surface area (Å²) in [4.78, 5) is 24.4. The summed E-state index contributed by atoms with van der Waals surface area (Å²) in [7, 11) is 1.34. The first kappa shape index (κ1) is 21.9. The zero-order chi connectivity index (χ0) is 23.6. The van der Waals surface area contributed by atoms with Gasteiger partial charge in [0.25, 0.3) is 0 Å². The molecule has 0 aliphatic carbocycles. The first-order valence-electron chi connectivity index (χ1n) is 9.35. The van der Waals surface area contributed by atoms with E-state index in [9.17, 15) is 13.2 Å². The van der Waals surface area contributed by atoms with E-state index in [0.717, 1.165) is 5.69 Å². The lowest BCUT2D eigenvalue weighted by Crippen LogP contribution is -2.05. The lowest BCUT2D eigenvalue weighted by atomic mass is 10.2. The maximum atomic E-state index is 12.8. The van der Waals surface area contributed by atoms with Crippen molar-refractivity contribution in [2.45, 2.75) is 20.0 Å². The molecule has 0 amide bonds. The fourth-order valence-corrected chi connectivity index (χ4v) is 2.90. The minimum Gasteiger partial charge on any atom is -0.492 e. The van der Waals surface area contributed by atoms with E-state index in [1.807, 2.05) is 6.92 Å². The quantitative estimate of drug-likeness (QED) is 0.435. The molecule has 4 aromatic rings. The average Bonchev–Trinajstić information content (AvgIpc) is 3.24. The minimum absolute atomic E-state index is 0.0993. The number of methoxy groups -OCH3 is 1. The van der Waals surface area contributed by atoms with Crippen LogP contribution in [0.2, 0.25) is 0 Å². The van der Waals surface area contributed by atoms with Crippen molar-refractivity contribution in [3.8, 4) is 17.1 Å². The third-order valence-electron chi connectivity index (χ3n) is 4.15. The standard InChI is InChI=1S/C19H16F3N9O2/c1-9-6-14(27-10(2)26-9)28-12-7-13(25-8-24-12)29-17-15(32-3)11(4-5-23-17)16-30-18(33-31-16)19(20,21)22/h4-8H,1-3H3,(H2,23,24,25,26,27,28,29). The number of anilines is 4. The number of nitrogens with one attached hydrogen (secondary N) is 2. The van der Waals surface area contributed by atoms with E-state index in [1.54, 1.807) is 19.1 Å². The van der Waals surface area contributed by atoms with Crippen molar-refractivity contribution in [2.24, 2.45) is 0 Å². The fraction of sp³-hybridized carbons (Fsp3) is 0.211. The van der Waals surface area contributed by atoms with Gasteiger partial charge in [-0.3, -0.25) is 0 Å². The smallest absolute Gasteiger partial charge is 0.471 e. The Morgan fingerprint density at radius 1 is 0.939 bits per heavy atom. The second kappa shape index (κ2) is 8.64. The SMILES string of the molecule is COc1c(-c2noc(C(F)(F)F)n2)ccnc1Nc1cc(Nc2cc(C)nc(C)n2)ncn1. The number of nitrogens with zero attached hydrogens (tertiary/aromatic N) is 7. The van der Waals surface area contributed by atoms with Crippen LogP contribution in [0.25, 0.3) is 11.4 Å². The zero-order valence-corrected chi connectivity index (χ0v) is 17.5. The number of ether oxygens (including phenoxy) is 1. The molecule has 0 spiro atoms. The van der Waals surface area contributed by atoms with Gasteiger partial charge in [-0.05, 0) is 19.9 Å². The Morgan fingerprint density at radius 3 is 2.36 bits per heavy atom. The van der Waals surface area contributed by atoms with Crippen molar-refractivity contribution in [1.82, 2.24) is 35.1 Å². The van der Waals surface area contributed by atoms with Gasteiger partial charge in [0.05, 0.1) is 12.7 Å². The summed E-state index contributed by atoms with van der Waals surface area (Å²) in [6.07, 6.45) is -2.09. The van der Waals surface area contributed by atoms with Gasteiger partial charge in [-0.1, -0.05) is 5.16 Å². The molecule has 4 aromatic heterocycles. The van der Waals surface area contributed by atoms with Crippen molar-refractivity contribution < 1.29 is 22.4 Å². The number of pyridine rings is 1. The molecular weight excluding hydrogens is 443 g/mol. The minimum atomic E-state index is -4.77. The maximum Gasteiger partial charge on any atom is 0.471 e. The molecule has 4 heterocycles. The Balaban J connectivity index is 1.61. The Bertz CT molecular complexity index is 1270. The number of aromatic nitrogens is 7. The molecule has 0 aromatic carbocycles. The summed E-state index contributed by atoms with van der Waals surface area (Å²) in [5.74, 6) is 0.437. The highest BCUT2D eigenvalue weighted by molar-refractivity contribution is 5.74. The van der Waals surface area contributed by atoms with Gasteiger partial charge in [0, 0.05) is 24.0 Å². The molecule has 0 fully saturated rings. The second-order valence-electron chi connectivity index (χ2n) is 6.64. The van der Waals surface area contributed by atoms with Crippen LogP contribution in [0.1, 0.15) is 17.4 Å². The van der Waals surface area contributed by atoms with E-state index in [2.05, 4.69) is 50.2 Å². The molecule has 0 aliphatic rings. The topological polar surface area (TPSA) is 137 Å². The third kappa shape index (κ3) is 4.94. The number of aryl methyl sites for hydroxylation is 2. The predicted octanol–water partition coefficient (Wildman–Crippen LogP) is 3.84. The molecule has 14 heteroatoms. The van der Waals surface area contributed by atoms with Gasteiger partial charge in [0.1, 0.15) is 29.6 Å². The summed E-state index contributed by atoms with van der Waals surface area (Å²) < 4.78 is 48.1. The third-order valence-corrected chi connectivity index (χ3v) is 4.15. The van der Waals surface area contributed by atoms with Gasteiger partial charge in [0.2, 0.25) is 5.82 Å². The van der Waals surface area contributed by atoms with E-state index in [1.165, 1.54) is 25.7 Å². The van der Waals surface area contributed by atoms with Crippen LogP contribution in [0.5, 0.6) is 5.75 Å². The van der Waals surface area contributed by atoms with Crippen molar-refractivity contribution in [2.75, 3.05) is 17.7 Å². The van der Waals surface area contributed by atoms with Crippen LogP contribution in [0.3, 0.4) is 0 Å². The van der Waals surface area contributed by atoms with Gasteiger partial charge in [-0.25, -0.2) is 24.9 Å². The van der Waals surface area contributed by atoms with E-state index < -0.39 is 12.1 Å². The fourth-order valence-electron chi connectivity index (χ4n) is 2.90. The van der Waals surface area contributed by atoms with Crippen molar-refractivity contribution in [3.63, 3.8) is 0 Å². The molecular formula is C19H16F3N9O2. The van der Waals surface area contributed by atoms with Gasteiger partial charge in [-0.15, -0.1) is 0 Å². The molecule has 4 rings (SSSR count). The van der Waals surface area contributed by atoms with Crippen molar-refractivity contribution in [1.29, 1.82) is 0 Å². The maximum absolute atomic E-state index is 12.8. The molecule has 170 valence electrons. The molecule has 33 heavy (non-hydrogen) atoms. The molecule has 0 saturated heterocycles. The van der Waals surface area contributed by atoms with E-state index in [-0.39, 0.29) is 23.0 Å². The zero-order valence-electron chi connectivity index (χ0n) is 17.5. The van der Waals surface area contributed by atoms with Gasteiger partial charge in [0.15, 0.2) is 11.6 Å². The number of halogens is 3. The van der Waals surface area contributed by atoms with Gasteiger partial charge >= 0.3 is 12.1 Å². The largest absolute Gasteiger partial charge is 0.492 e. The van der Waals surface area contributed by atoms with Crippen LogP contribution in [0.4, 0.5) is 36.4 Å². The molecule has 0 aliphatic heterocycles. The van der Waals surface area contributed by atoms with Crippen LogP contribution in [-0.4, -0.2) is 42.2 Å². The first-order valence-corrected chi connectivity index (χ1v) is 9.35. The van der Waals surface area contributed by atoms with Crippen LogP contribution >= 0.6 is 0 Å². The molecule has 0 bridgehead atoms. The Labute approximate surface area is 184 Å². The summed E-state index contributed by atoms with van der Waals surface area (Å²) >= 11 is 0. The normalized spacial score (nSPS) is 11.3. The average molecular weight is 459 g/mol. The number of alkyl halides is 3. The van der Waals surface area contributed by atoms with E-state index >= 15 is 0 Å². The van der Waals surface area contributed by atoms with Crippen LogP contribution in [0, 0.1) is 13.8 Å². The number of hydrogen-bond donors (Lipinski definition) is 2. The van der Waals surface area contributed by atoms with Crippen LogP contribution in [0.15, 0.2) is 35.2 Å². The van der Waals surface area contributed by atoms with Gasteiger partial charge < -0.3 is 19.9 Å². The lowest BCUT2D eigenvalue weighted by Gasteiger charge is -2.12. The summed E-state index contributed by atoms with van der Waals surface area (Å²) in [6.45, 7) is 3.62. The summed E-state index contributed by atoms with van der Waals surface area (Å²) in [5, 5.41) is 9.41. The highest BCUT2D eigenvalue weighted by Gasteiger charge is 2.38. The molecule has 11 nitrogen and oxygen atoms in total. The number of hydrogen-bond acceptors (Lipinski definition) is 11. The lowest BCUT2D eigenvalue weighted by molar-refractivity contribution is -0.159. The van der Waals surface area contributed by atoms with Gasteiger partial charge in [-0.2, -0.15) is 18.2 Å². The van der Waals surface area contributed by atoms with E-state index in [0.29, 0.717) is 23.3 Å². The molecule has 0 atom stereocenters. The molecule has 0 saturated carbocycles. The monoisotopic (exact) mass is 459 g/mol. The molecule has 0 radical (unpaired) electrons. The van der Waals surface area contributed by atoms with E-state index in [4.69, 9.17) is 4.74 Å². The summed E-state index contributed by atoms with van der Waals surface area (Å²) in [6, 6.07) is 4.76. The molecule has 2 N–H and O–H groups in total. The van der Waals surface area contributed by atoms with Crippen molar-refractivity contribution in [3.05, 3.63) is 48.1 Å². The number of rotatable bonds is 6. The molecule has 0 unspecified atom stereocenters. The first-order chi connectivity index (χ1) is 15.7. The highest BCUT2D eigenvalue weighted by Crippen LogP contribution is 2.36. The van der Waals surface area contributed by atoms with Crippen LogP contribution < -0.4 is 15.4 Å². The predicted molar refractivity (Wildman–Crippen MR) is 109 cm³/mol. The Hall–Kier alpha value is -4.36. The highest BCUT2D eigenvalue weighted by atomic mass is 19.4. The Kier molecular flexibility index (Phi) is 5.72. The summed E-state index contributed by atoms with van der Waals surface area (Å²) in [5.41, 5.74) is 0.937.